The molecule has 1 aromatic carbocycles. The Labute approximate surface area is 237 Å². The minimum atomic E-state index is -0.597. The highest BCUT2D eigenvalue weighted by Gasteiger charge is 2.34. The van der Waals surface area contributed by atoms with Gasteiger partial charge in [-0.1, -0.05) is 51.9 Å². The molecule has 1 heterocycles. The normalized spacial score (nSPS) is 16.6. The van der Waals surface area contributed by atoms with Crippen molar-refractivity contribution in [1.82, 2.24) is 14.5 Å². The van der Waals surface area contributed by atoms with Crippen molar-refractivity contribution in [1.29, 1.82) is 0 Å². The summed E-state index contributed by atoms with van der Waals surface area (Å²) in [6.07, 6.45) is 10.7. The third kappa shape index (κ3) is 6.23. The second-order valence-corrected chi connectivity index (χ2v) is 11.2. The molecule has 2 N–H and O–H groups in total. The molecule has 0 saturated heterocycles. The molecule has 0 bridgehead atoms. The zero-order valence-corrected chi connectivity index (χ0v) is 24.5. The lowest BCUT2D eigenvalue weighted by atomic mass is 9.94. The molecule has 1 aromatic heterocycles. The van der Waals surface area contributed by atoms with Gasteiger partial charge in [-0.3, -0.25) is 18.8 Å². The summed E-state index contributed by atoms with van der Waals surface area (Å²) in [5, 5.41) is 14.7. The molecule has 2 aliphatic rings. The summed E-state index contributed by atoms with van der Waals surface area (Å²) >= 11 is 0. The van der Waals surface area contributed by atoms with Gasteiger partial charge >= 0.3 is 11.7 Å². The minimum absolute atomic E-state index is 0.139. The molecule has 9 nitrogen and oxygen atoms in total. The van der Waals surface area contributed by atoms with Crippen LogP contribution in [0.5, 0.6) is 5.88 Å². The van der Waals surface area contributed by atoms with Crippen molar-refractivity contribution in [3.8, 4) is 5.88 Å². The Hall–Kier alpha value is -3.23. The van der Waals surface area contributed by atoms with Crippen LogP contribution in [0.2, 0.25) is 0 Å². The topological polar surface area (TPSA) is 99.8 Å². The lowest BCUT2D eigenvalue weighted by Gasteiger charge is -2.32. The van der Waals surface area contributed by atoms with E-state index in [2.05, 4.69) is 24.1 Å². The smallest absolute Gasteiger partial charge is 0.334 e. The zero-order valence-electron chi connectivity index (χ0n) is 24.5. The highest BCUT2D eigenvalue weighted by Crippen LogP contribution is 2.37. The Morgan fingerprint density at radius 1 is 0.850 bits per heavy atom. The number of benzene rings is 1. The molecule has 0 unspecified atom stereocenters. The van der Waals surface area contributed by atoms with Crippen LogP contribution in [0.4, 0.5) is 21.9 Å². The predicted octanol–water partition coefficient (Wildman–Crippen LogP) is 6.22. The second kappa shape index (κ2) is 13.9. The Kier molecular flexibility index (Phi) is 10.3. The Morgan fingerprint density at radius 2 is 1.38 bits per heavy atom. The van der Waals surface area contributed by atoms with Crippen LogP contribution in [0.1, 0.15) is 110 Å². The number of nitrogens with zero attached hydrogens (tertiary/aromatic N) is 4. The van der Waals surface area contributed by atoms with Crippen LogP contribution in [0.3, 0.4) is 0 Å². The van der Waals surface area contributed by atoms with E-state index in [0.717, 1.165) is 95.8 Å². The van der Waals surface area contributed by atoms with Crippen LogP contribution >= 0.6 is 0 Å². The molecule has 2 saturated carbocycles. The van der Waals surface area contributed by atoms with Crippen molar-refractivity contribution in [2.45, 2.75) is 110 Å². The maximum Gasteiger partial charge on any atom is 0.334 e. The number of hydrogen-bond acceptors (Lipinski definition) is 5. The van der Waals surface area contributed by atoms with Gasteiger partial charge in [-0.2, -0.15) is 0 Å². The van der Waals surface area contributed by atoms with E-state index in [-0.39, 0.29) is 17.8 Å². The van der Waals surface area contributed by atoms with E-state index in [1.807, 2.05) is 31.2 Å². The highest BCUT2D eigenvalue weighted by atomic mass is 16.3. The molecule has 9 heteroatoms. The van der Waals surface area contributed by atoms with Crippen LogP contribution in [0.25, 0.3) is 0 Å². The van der Waals surface area contributed by atoms with E-state index in [1.54, 1.807) is 0 Å². The van der Waals surface area contributed by atoms with E-state index < -0.39 is 23.2 Å². The molecular formula is C31H47N5O4. The molecule has 2 fully saturated rings. The molecule has 0 radical (unpaired) electrons. The van der Waals surface area contributed by atoms with Gasteiger partial charge in [0.05, 0.1) is 5.69 Å². The fourth-order valence-corrected chi connectivity index (χ4v) is 6.34. The number of amides is 2. The fourth-order valence-electron chi connectivity index (χ4n) is 6.34. The van der Waals surface area contributed by atoms with Gasteiger partial charge in [0.25, 0.3) is 5.56 Å². The lowest BCUT2D eigenvalue weighted by molar-refractivity contribution is 0.246. The van der Waals surface area contributed by atoms with Crippen LogP contribution < -0.4 is 26.4 Å². The number of hydrogen-bond donors (Lipinski definition) is 2. The van der Waals surface area contributed by atoms with Crippen LogP contribution in [0.15, 0.2) is 33.9 Å². The number of rotatable bonds is 10. The minimum Gasteiger partial charge on any atom is -0.493 e. The van der Waals surface area contributed by atoms with Gasteiger partial charge in [0.1, 0.15) is 0 Å². The van der Waals surface area contributed by atoms with Crippen molar-refractivity contribution in [2.24, 2.45) is 0 Å². The van der Waals surface area contributed by atoms with Crippen LogP contribution in [0, 0.1) is 0 Å². The Balaban J connectivity index is 1.91. The molecule has 2 amide bonds. The number of aromatic nitrogens is 2. The van der Waals surface area contributed by atoms with Gasteiger partial charge in [-0.25, -0.2) is 9.59 Å². The average molecular weight is 554 g/mol. The standard InChI is InChI=1S/C31H47N5O4/c1-4-7-22-32-30(39)34(26-20-18-23(19-21-26)33(5-2)6-3)27-28(37)35(24-14-10-8-11-15-24)31(40)36(29(27)38)25-16-12-9-13-17-25/h18-21,24-25,37H,4-17,22H2,1-3H3,(H,32,39). The van der Waals surface area contributed by atoms with E-state index >= 15 is 0 Å². The summed E-state index contributed by atoms with van der Waals surface area (Å²) in [5.74, 6) is -0.410. The maximum atomic E-state index is 14.2. The van der Waals surface area contributed by atoms with Gasteiger partial charge in [0.15, 0.2) is 5.69 Å². The first-order chi connectivity index (χ1) is 19.4. The quantitative estimate of drug-likeness (QED) is 0.340. The molecule has 2 aromatic rings. The SMILES string of the molecule is CCCCNC(=O)N(c1ccc(N(CC)CC)cc1)c1c(O)n(C2CCCCC2)c(=O)n(C2CCCCC2)c1=O. The summed E-state index contributed by atoms with van der Waals surface area (Å²) in [6.45, 7) is 8.36. The third-order valence-electron chi connectivity index (χ3n) is 8.62. The third-order valence-corrected chi connectivity index (χ3v) is 8.62. The summed E-state index contributed by atoms with van der Waals surface area (Å²) in [6, 6.07) is 6.56. The summed E-state index contributed by atoms with van der Waals surface area (Å²) in [5.41, 5.74) is 0.297. The van der Waals surface area contributed by atoms with Crippen LogP contribution in [-0.2, 0) is 0 Å². The van der Waals surface area contributed by atoms with Gasteiger partial charge in [-0.05, 0) is 70.2 Å². The van der Waals surface area contributed by atoms with Gasteiger partial charge in [0.2, 0.25) is 5.88 Å². The first kappa shape index (κ1) is 29.7. The van der Waals surface area contributed by atoms with Gasteiger partial charge < -0.3 is 15.3 Å². The van der Waals surface area contributed by atoms with Gasteiger partial charge in [0, 0.05) is 37.4 Å². The number of carbonyl (C=O) groups excluding carboxylic acids is 1. The van der Waals surface area contributed by atoms with Crippen molar-refractivity contribution in [3.63, 3.8) is 0 Å². The summed E-state index contributed by atoms with van der Waals surface area (Å²) in [7, 11) is 0. The number of urea groups is 1. The molecule has 2 aliphatic carbocycles. The van der Waals surface area contributed by atoms with Crippen molar-refractivity contribution >= 4 is 23.1 Å². The van der Waals surface area contributed by atoms with Gasteiger partial charge in [-0.15, -0.1) is 0 Å². The molecule has 40 heavy (non-hydrogen) atoms. The number of anilines is 3. The maximum absolute atomic E-state index is 14.2. The van der Waals surface area contributed by atoms with E-state index in [4.69, 9.17) is 0 Å². The lowest BCUT2D eigenvalue weighted by Crippen LogP contribution is -2.48. The van der Waals surface area contributed by atoms with E-state index in [0.29, 0.717) is 12.2 Å². The molecule has 4 rings (SSSR count). The summed E-state index contributed by atoms with van der Waals surface area (Å²) < 4.78 is 2.76. The summed E-state index contributed by atoms with van der Waals surface area (Å²) in [4.78, 5) is 45.4. The van der Waals surface area contributed by atoms with Crippen molar-refractivity contribution in [2.75, 3.05) is 29.4 Å². The van der Waals surface area contributed by atoms with Crippen molar-refractivity contribution < 1.29 is 9.90 Å². The first-order valence-corrected chi connectivity index (χ1v) is 15.5. The van der Waals surface area contributed by atoms with E-state index in [9.17, 15) is 19.5 Å². The molecule has 220 valence electrons. The zero-order chi connectivity index (χ0) is 28.6. The predicted molar refractivity (Wildman–Crippen MR) is 161 cm³/mol. The van der Waals surface area contributed by atoms with Crippen molar-refractivity contribution in [3.05, 3.63) is 45.1 Å². The number of nitrogens with one attached hydrogen (secondary N) is 1. The van der Waals surface area contributed by atoms with E-state index in [1.165, 1.54) is 14.0 Å². The monoisotopic (exact) mass is 553 g/mol. The highest BCUT2D eigenvalue weighted by molar-refractivity contribution is 6.00. The fraction of sp³-hybridized carbons (Fsp3) is 0.645. The second-order valence-electron chi connectivity index (χ2n) is 11.2. The van der Waals surface area contributed by atoms with Crippen LogP contribution in [-0.4, -0.2) is 39.9 Å². The Morgan fingerprint density at radius 3 is 1.90 bits per heavy atom. The number of carbonyl (C=O) groups is 1. The molecular weight excluding hydrogens is 506 g/mol. The molecule has 0 spiro atoms. The largest absolute Gasteiger partial charge is 0.493 e. The number of aromatic hydroxyl groups is 1. The average Bonchev–Trinajstić information content (AvgIpc) is 2.97. The first-order valence-electron chi connectivity index (χ1n) is 15.5. The molecule has 0 aliphatic heterocycles. The number of unbranched alkanes of at least 4 members (excludes halogenated alkanes) is 1. The Bertz CT molecular complexity index is 1240. The molecule has 0 atom stereocenters.